The Balaban J connectivity index is 1.79. The maximum absolute atomic E-state index is 9.11. The van der Waals surface area contributed by atoms with Gasteiger partial charge in [-0.05, 0) is 38.5 Å². The lowest BCUT2D eigenvalue weighted by molar-refractivity contribution is 0.678. The molecule has 0 saturated heterocycles. The first kappa shape index (κ1) is 18.7. The number of aromatic nitrogens is 5. The zero-order valence-corrected chi connectivity index (χ0v) is 16.8. The van der Waals surface area contributed by atoms with E-state index in [2.05, 4.69) is 58.0 Å². The van der Waals surface area contributed by atoms with Crippen LogP contribution in [0.3, 0.4) is 0 Å². The van der Waals surface area contributed by atoms with Gasteiger partial charge < -0.3 is 9.88 Å². The monoisotopic (exact) mass is 385 g/mol. The van der Waals surface area contributed by atoms with Gasteiger partial charge in [0.1, 0.15) is 0 Å². The third kappa shape index (κ3) is 3.69. The first-order valence-corrected chi connectivity index (χ1v) is 9.76. The number of pyridine rings is 1. The first-order chi connectivity index (χ1) is 14.1. The number of hydrogen-bond donors (Lipinski definition) is 1. The van der Waals surface area contributed by atoms with Gasteiger partial charge in [-0.3, -0.25) is 0 Å². The summed E-state index contributed by atoms with van der Waals surface area (Å²) in [6, 6.07) is 9.95. The second kappa shape index (κ2) is 7.76. The highest BCUT2D eigenvalue weighted by Gasteiger charge is 2.14. The van der Waals surface area contributed by atoms with Gasteiger partial charge in [0.2, 0.25) is 0 Å². The van der Waals surface area contributed by atoms with E-state index in [0.29, 0.717) is 11.4 Å². The average molecular weight is 385 g/mol. The van der Waals surface area contributed by atoms with Crippen LogP contribution in [0.2, 0.25) is 0 Å². The van der Waals surface area contributed by atoms with E-state index in [1.165, 1.54) is 0 Å². The van der Waals surface area contributed by atoms with Gasteiger partial charge in [-0.25, -0.2) is 14.6 Å². The van der Waals surface area contributed by atoms with Crippen LogP contribution in [0.25, 0.3) is 28.0 Å². The lowest BCUT2D eigenvalue weighted by Gasteiger charge is -2.15. The highest BCUT2D eigenvalue weighted by atomic mass is 15.3. The van der Waals surface area contributed by atoms with Gasteiger partial charge in [0.15, 0.2) is 5.82 Å². The van der Waals surface area contributed by atoms with E-state index in [-0.39, 0.29) is 6.04 Å². The largest absolute Gasteiger partial charge is 0.382 e. The van der Waals surface area contributed by atoms with Crippen LogP contribution >= 0.6 is 0 Å². The molecule has 3 heterocycles. The van der Waals surface area contributed by atoms with E-state index < -0.39 is 0 Å². The van der Waals surface area contributed by atoms with E-state index in [0.717, 1.165) is 40.8 Å². The van der Waals surface area contributed by atoms with E-state index >= 15 is 0 Å². The summed E-state index contributed by atoms with van der Waals surface area (Å²) in [7, 11) is 0. The molecule has 4 aromatic rings. The molecule has 0 spiro atoms. The van der Waals surface area contributed by atoms with Crippen LogP contribution in [0.5, 0.6) is 0 Å². The van der Waals surface area contributed by atoms with Crippen LogP contribution in [-0.4, -0.2) is 30.4 Å². The zero-order valence-electron chi connectivity index (χ0n) is 16.8. The quantitative estimate of drug-likeness (QED) is 0.532. The molecule has 7 nitrogen and oxygen atoms in total. The number of nitrogens with zero attached hydrogens (tertiary/aromatic N) is 6. The number of nitrogens with one attached hydrogen (secondary N) is 1. The Hall–Kier alpha value is -3.66. The lowest BCUT2D eigenvalue weighted by atomic mass is 10.1. The molecule has 0 aliphatic heterocycles. The molecule has 7 heteroatoms. The maximum atomic E-state index is 9.11. The summed E-state index contributed by atoms with van der Waals surface area (Å²) in [4.78, 5) is 9.22. The molecule has 0 unspecified atom stereocenters. The highest BCUT2D eigenvalue weighted by molar-refractivity contribution is 5.82. The topological polar surface area (TPSA) is 84.3 Å². The van der Waals surface area contributed by atoms with Crippen molar-refractivity contribution in [2.45, 2.75) is 39.8 Å². The molecule has 0 fully saturated rings. The van der Waals surface area contributed by atoms with E-state index in [9.17, 15) is 0 Å². The van der Waals surface area contributed by atoms with Crippen LogP contribution in [0.4, 0.5) is 5.69 Å². The summed E-state index contributed by atoms with van der Waals surface area (Å²) in [5, 5.41) is 18.0. The van der Waals surface area contributed by atoms with Crippen molar-refractivity contribution in [1.82, 2.24) is 24.3 Å². The molecule has 0 aliphatic carbocycles. The van der Waals surface area contributed by atoms with Crippen molar-refractivity contribution in [1.29, 1.82) is 5.26 Å². The number of benzene rings is 1. The minimum absolute atomic E-state index is 0.259. The second-order valence-electron chi connectivity index (χ2n) is 7.33. The lowest BCUT2D eigenvalue weighted by Crippen LogP contribution is -2.12. The molecule has 0 radical (unpaired) electrons. The minimum atomic E-state index is 0.259. The van der Waals surface area contributed by atoms with E-state index in [4.69, 9.17) is 5.26 Å². The Morgan fingerprint density at radius 2 is 2.03 bits per heavy atom. The van der Waals surface area contributed by atoms with E-state index in [1.807, 2.05) is 30.7 Å². The van der Waals surface area contributed by atoms with Gasteiger partial charge in [0.05, 0.1) is 35.4 Å². The molecule has 0 atom stereocenters. The predicted molar refractivity (Wildman–Crippen MR) is 114 cm³/mol. The molecule has 1 N–H and O–H groups in total. The van der Waals surface area contributed by atoms with Crippen LogP contribution in [0.15, 0.2) is 49.2 Å². The summed E-state index contributed by atoms with van der Waals surface area (Å²) in [5.74, 6) is 0.713. The number of rotatable bonds is 6. The molecule has 3 aromatic heterocycles. The molecule has 1 aromatic carbocycles. The molecule has 146 valence electrons. The van der Waals surface area contributed by atoms with Crippen LogP contribution in [0.1, 0.15) is 32.8 Å². The van der Waals surface area contributed by atoms with Gasteiger partial charge in [0, 0.05) is 47.7 Å². The number of fused-ring (bicyclic) bond motifs is 1. The zero-order chi connectivity index (χ0) is 20.4. The number of nitriles is 1. The average Bonchev–Trinajstić information content (AvgIpc) is 3.34. The molecular weight excluding hydrogens is 362 g/mol. The molecular formula is C22H23N7. The molecule has 29 heavy (non-hydrogen) atoms. The Morgan fingerprint density at radius 3 is 2.79 bits per heavy atom. The Morgan fingerprint density at radius 1 is 1.17 bits per heavy atom. The summed E-state index contributed by atoms with van der Waals surface area (Å²) >= 11 is 0. The third-order valence-electron chi connectivity index (χ3n) is 4.64. The molecule has 4 rings (SSSR count). The van der Waals surface area contributed by atoms with Crippen LogP contribution < -0.4 is 5.32 Å². The van der Waals surface area contributed by atoms with Gasteiger partial charge in [0.25, 0.3) is 0 Å². The Labute approximate surface area is 169 Å². The fourth-order valence-electron chi connectivity index (χ4n) is 3.36. The SMILES string of the molecule is CCCn1cnc(-c2cnc(-n3ncc4cc(C#N)ccc43)cc2NC(C)C)c1. The Bertz CT molecular complexity index is 1190. The second-order valence-corrected chi connectivity index (χ2v) is 7.33. The van der Waals surface area contributed by atoms with Crippen molar-refractivity contribution in [3.8, 4) is 23.1 Å². The van der Waals surface area contributed by atoms with Crippen molar-refractivity contribution in [2.24, 2.45) is 0 Å². The number of anilines is 1. The first-order valence-electron chi connectivity index (χ1n) is 9.76. The smallest absolute Gasteiger partial charge is 0.156 e. The summed E-state index contributed by atoms with van der Waals surface area (Å²) in [5.41, 5.74) is 4.34. The van der Waals surface area contributed by atoms with Gasteiger partial charge in [-0.1, -0.05) is 6.92 Å². The molecule has 0 amide bonds. The fraction of sp³-hybridized carbons (Fsp3) is 0.273. The van der Waals surface area contributed by atoms with Crippen molar-refractivity contribution in [3.63, 3.8) is 0 Å². The number of hydrogen-bond acceptors (Lipinski definition) is 5. The molecule has 0 aliphatic rings. The predicted octanol–water partition coefficient (Wildman–Crippen LogP) is 4.39. The van der Waals surface area contributed by atoms with Gasteiger partial charge in [-0.2, -0.15) is 10.4 Å². The Kier molecular flexibility index (Phi) is 5.00. The van der Waals surface area contributed by atoms with Crippen LogP contribution in [-0.2, 0) is 6.54 Å². The maximum Gasteiger partial charge on any atom is 0.156 e. The number of aryl methyl sites for hydroxylation is 1. The summed E-state index contributed by atoms with van der Waals surface area (Å²) < 4.78 is 3.89. The number of imidazole rings is 1. The van der Waals surface area contributed by atoms with E-state index in [1.54, 1.807) is 16.9 Å². The van der Waals surface area contributed by atoms with Gasteiger partial charge in [-0.15, -0.1) is 0 Å². The summed E-state index contributed by atoms with van der Waals surface area (Å²) in [6.07, 6.45) is 8.58. The molecule has 0 bridgehead atoms. The van der Waals surface area contributed by atoms with Crippen molar-refractivity contribution < 1.29 is 0 Å². The fourth-order valence-corrected chi connectivity index (χ4v) is 3.36. The van der Waals surface area contributed by atoms with Crippen LogP contribution in [0, 0.1) is 11.3 Å². The standard InChI is InChI=1S/C22H23N7/c1-4-7-28-13-20(25-14-28)18-12-24-22(9-19(18)27-15(2)3)29-21-6-5-16(10-23)8-17(21)11-26-29/h5-6,8-9,11-15H,4,7H2,1-3H3,(H,24,27). The minimum Gasteiger partial charge on any atom is -0.382 e. The van der Waals surface area contributed by atoms with Gasteiger partial charge >= 0.3 is 0 Å². The highest BCUT2D eigenvalue weighted by Crippen LogP contribution is 2.29. The van der Waals surface area contributed by atoms with Crippen molar-refractivity contribution in [2.75, 3.05) is 5.32 Å². The summed E-state index contributed by atoms with van der Waals surface area (Å²) in [6.45, 7) is 7.30. The normalized spacial score (nSPS) is 11.1. The molecule has 0 saturated carbocycles. The third-order valence-corrected chi connectivity index (χ3v) is 4.64. The van der Waals surface area contributed by atoms with Crippen molar-refractivity contribution in [3.05, 3.63) is 54.7 Å². The van der Waals surface area contributed by atoms with Crippen molar-refractivity contribution >= 4 is 16.6 Å².